The summed E-state index contributed by atoms with van der Waals surface area (Å²) in [5.74, 6) is -0.451. The lowest BCUT2D eigenvalue weighted by Crippen LogP contribution is -2.23. The monoisotopic (exact) mass is 385 g/mol. The van der Waals surface area contributed by atoms with Gasteiger partial charge in [0, 0.05) is 30.3 Å². The summed E-state index contributed by atoms with van der Waals surface area (Å²) in [5.41, 5.74) is 5.02. The number of hydrogen-bond acceptors (Lipinski definition) is 2. The number of amides is 1. The van der Waals surface area contributed by atoms with Gasteiger partial charge < -0.3 is 9.88 Å². The van der Waals surface area contributed by atoms with E-state index in [0.29, 0.717) is 12.1 Å². The molecule has 0 spiro atoms. The van der Waals surface area contributed by atoms with Crippen LogP contribution < -0.4 is 5.32 Å². The van der Waals surface area contributed by atoms with Gasteiger partial charge in [0.25, 0.3) is 5.91 Å². The molecule has 0 bridgehead atoms. The first-order chi connectivity index (χ1) is 14.1. The number of benzene rings is 2. The van der Waals surface area contributed by atoms with Crippen molar-refractivity contribution in [3.63, 3.8) is 0 Å². The molecule has 1 N–H and O–H groups in total. The Morgan fingerprint density at radius 2 is 1.69 bits per heavy atom. The maximum atomic E-state index is 13.4. The van der Waals surface area contributed by atoms with E-state index in [1.54, 1.807) is 24.5 Å². The molecule has 0 aliphatic rings. The lowest BCUT2D eigenvalue weighted by molar-refractivity contribution is 0.0950. The van der Waals surface area contributed by atoms with Gasteiger partial charge in [0.2, 0.25) is 0 Å². The van der Waals surface area contributed by atoms with E-state index in [1.165, 1.54) is 12.1 Å². The van der Waals surface area contributed by atoms with Crippen LogP contribution in [0.4, 0.5) is 4.39 Å². The van der Waals surface area contributed by atoms with E-state index in [0.717, 1.165) is 28.2 Å². The summed E-state index contributed by atoms with van der Waals surface area (Å²) in [4.78, 5) is 16.9. The van der Waals surface area contributed by atoms with Crippen LogP contribution in [0.1, 0.15) is 21.6 Å². The van der Waals surface area contributed by atoms with Crippen LogP contribution in [-0.2, 0) is 6.54 Å². The topological polar surface area (TPSA) is 46.9 Å². The zero-order chi connectivity index (χ0) is 20.2. The smallest absolute Gasteiger partial charge is 0.253 e. The minimum atomic E-state index is -0.296. The molecule has 0 atom stereocenters. The molecule has 29 heavy (non-hydrogen) atoms. The Morgan fingerprint density at radius 3 is 2.38 bits per heavy atom. The second-order valence-corrected chi connectivity index (χ2v) is 6.74. The molecule has 1 amide bonds. The summed E-state index contributed by atoms with van der Waals surface area (Å²) in [6.45, 7) is 2.32. The highest BCUT2D eigenvalue weighted by atomic mass is 19.1. The van der Waals surface area contributed by atoms with Crippen LogP contribution in [-0.4, -0.2) is 15.5 Å². The average molecular weight is 385 g/mol. The molecule has 0 unspecified atom stereocenters. The normalized spacial score (nSPS) is 10.7. The molecular formula is C24H20FN3O. The fraction of sp³-hybridized carbons (Fsp3) is 0.0833. The maximum absolute atomic E-state index is 13.4. The summed E-state index contributed by atoms with van der Waals surface area (Å²) in [5, 5.41) is 2.97. The highest BCUT2D eigenvalue weighted by Crippen LogP contribution is 2.29. The minimum absolute atomic E-state index is 0.155. The largest absolute Gasteiger partial charge is 0.348 e. The molecule has 0 saturated heterocycles. The number of aromatic nitrogens is 2. The zero-order valence-electron chi connectivity index (χ0n) is 16.0. The fourth-order valence-electron chi connectivity index (χ4n) is 3.36. The van der Waals surface area contributed by atoms with Crippen molar-refractivity contribution in [1.82, 2.24) is 14.9 Å². The van der Waals surface area contributed by atoms with E-state index in [1.807, 2.05) is 60.0 Å². The van der Waals surface area contributed by atoms with Gasteiger partial charge in [-0.05, 0) is 60.5 Å². The van der Waals surface area contributed by atoms with Gasteiger partial charge in [-0.1, -0.05) is 30.3 Å². The van der Waals surface area contributed by atoms with Gasteiger partial charge in [0.15, 0.2) is 0 Å². The van der Waals surface area contributed by atoms with E-state index >= 15 is 0 Å². The number of hydrogen-bond donors (Lipinski definition) is 1. The van der Waals surface area contributed by atoms with Crippen molar-refractivity contribution >= 4 is 5.91 Å². The molecule has 0 fully saturated rings. The van der Waals surface area contributed by atoms with E-state index in [9.17, 15) is 9.18 Å². The average Bonchev–Trinajstić information content (AvgIpc) is 3.11. The molecule has 4 nitrogen and oxygen atoms in total. The quantitative estimate of drug-likeness (QED) is 0.530. The standard InChI is InChI=1S/C24H20FN3O/c1-17-22(24(29)27-16-18-11-13-26-14-12-18)15-23(19-5-3-2-4-6-19)28(17)21-9-7-20(25)8-10-21/h2-15H,16H2,1H3,(H,27,29). The number of nitrogens with one attached hydrogen (secondary N) is 1. The Morgan fingerprint density at radius 1 is 1.00 bits per heavy atom. The molecule has 144 valence electrons. The first-order valence-electron chi connectivity index (χ1n) is 9.34. The Bertz CT molecular complexity index is 1120. The van der Waals surface area contributed by atoms with Crippen molar-refractivity contribution in [2.24, 2.45) is 0 Å². The third-order valence-corrected chi connectivity index (χ3v) is 4.85. The van der Waals surface area contributed by atoms with Crippen LogP contribution in [0.15, 0.2) is 85.2 Å². The van der Waals surface area contributed by atoms with Gasteiger partial charge in [0.05, 0.1) is 11.3 Å². The molecule has 4 aromatic rings. The predicted molar refractivity (Wildman–Crippen MR) is 111 cm³/mol. The minimum Gasteiger partial charge on any atom is -0.348 e. The highest BCUT2D eigenvalue weighted by Gasteiger charge is 2.19. The highest BCUT2D eigenvalue weighted by molar-refractivity contribution is 5.97. The molecule has 2 aromatic carbocycles. The molecule has 0 radical (unpaired) electrons. The van der Waals surface area contributed by atoms with Crippen LogP contribution in [0.25, 0.3) is 16.9 Å². The molecule has 0 aliphatic heterocycles. The van der Waals surface area contributed by atoms with E-state index < -0.39 is 0 Å². The fourth-order valence-corrected chi connectivity index (χ4v) is 3.36. The van der Waals surface area contributed by atoms with Crippen molar-refractivity contribution in [2.75, 3.05) is 0 Å². The van der Waals surface area contributed by atoms with E-state index in [4.69, 9.17) is 0 Å². The first kappa shape index (κ1) is 18.6. The van der Waals surface area contributed by atoms with Gasteiger partial charge in [-0.15, -0.1) is 0 Å². The zero-order valence-corrected chi connectivity index (χ0v) is 16.0. The summed E-state index contributed by atoms with van der Waals surface area (Å²) in [6, 6.07) is 21.7. The van der Waals surface area contributed by atoms with E-state index in [-0.39, 0.29) is 11.7 Å². The second-order valence-electron chi connectivity index (χ2n) is 6.74. The number of rotatable bonds is 5. The van der Waals surface area contributed by atoms with Crippen LogP contribution in [0, 0.1) is 12.7 Å². The molecule has 0 aliphatic carbocycles. The number of halogens is 1. The lowest BCUT2D eigenvalue weighted by atomic mass is 10.1. The van der Waals surface area contributed by atoms with Crippen LogP contribution in [0.5, 0.6) is 0 Å². The number of carbonyl (C=O) groups is 1. The summed E-state index contributed by atoms with van der Waals surface area (Å²) in [7, 11) is 0. The predicted octanol–water partition coefficient (Wildman–Crippen LogP) is 4.92. The van der Waals surface area contributed by atoms with Crippen molar-refractivity contribution in [1.29, 1.82) is 0 Å². The maximum Gasteiger partial charge on any atom is 0.253 e. The van der Waals surface area contributed by atoms with Gasteiger partial charge in [-0.3, -0.25) is 9.78 Å². The van der Waals surface area contributed by atoms with Gasteiger partial charge >= 0.3 is 0 Å². The lowest BCUT2D eigenvalue weighted by Gasteiger charge is -2.12. The Labute approximate surface area is 168 Å². The number of nitrogens with zero attached hydrogens (tertiary/aromatic N) is 2. The van der Waals surface area contributed by atoms with Crippen molar-refractivity contribution in [3.05, 3.63) is 108 Å². The Kier molecular flexibility index (Phi) is 5.20. The Hall–Kier alpha value is -3.73. The Balaban J connectivity index is 1.73. The molecule has 2 aromatic heterocycles. The van der Waals surface area contributed by atoms with Gasteiger partial charge in [-0.25, -0.2) is 4.39 Å². The van der Waals surface area contributed by atoms with Crippen molar-refractivity contribution < 1.29 is 9.18 Å². The summed E-state index contributed by atoms with van der Waals surface area (Å²) in [6.07, 6.45) is 3.40. The molecule has 0 saturated carbocycles. The van der Waals surface area contributed by atoms with Gasteiger partial charge in [-0.2, -0.15) is 0 Å². The molecular weight excluding hydrogens is 365 g/mol. The number of pyridine rings is 1. The van der Waals surface area contributed by atoms with Crippen molar-refractivity contribution in [2.45, 2.75) is 13.5 Å². The second kappa shape index (κ2) is 8.10. The van der Waals surface area contributed by atoms with Gasteiger partial charge in [0.1, 0.15) is 5.82 Å². The van der Waals surface area contributed by atoms with Crippen LogP contribution >= 0.6 is 0 Å². The molecule has 5 heteroatoms. The molecule has 4 rings (SSSR count). The SMILES string of the molecule is Cc1c(C(=O)NCc2ccncc2)cc(-c2ccccc2)n1-c1ccc(F)cc1. The molecule has 2 heterocycles. The van der Waals surface area contributed by atoms with Crippen molar-refractivity contribution in [3.8, 4) is 16.9 Å². The van der Waals surface area contributed by atoms with Crippen LogP contribution in [0.2, 0.25) is 0 Å². The third kappa shape index (κ3) is 3.94. The summed E-state index contributed by atoms with van der Waals surface area (Å²) < 4.78 is 15.4. The third-order valence-electron chi connectivity index (χ3n) is 4.85. The van der Waals surface area contributed by atoms with E-state index in [2.05, 4.69) is 10.3 Å². The number of carbonyl (C=O) groups excluding carboxylic acids is 1. The van der Waals surface area contributed by atoms with Crippen LogP contribution in [0.3, 0.4) is 0 Å². The first-order valence-corrected chi connectivity index (χ1v) is 9.34. The summed E-state index contributed by atoms with van der Waals surface area (Å²) >= 11 is 0.